The van der Waals surface area contributed by atoms with Crippen LogP contribution in [0.15, 0.2) is 0 Å². The molecule has 0 spiro atoms. The maximum Gasteiger partial charge on any atom is 0.325 e. The Morgan fingerprint density at radius 2 is 1.65 bits per heavy atom. The van der Waals surface area contributed by atoms with Gasteiger partial charge in [-0.3, -0.25) is 19.8 Å². The molecule has 0 atom stereocenters. The minimum atomic E-state index is -1.15. The van der Waals surface area contributed by atoms with Crippen LogP contribution in [0.2, 0.25) is 0 Å². The predicted molar refractivity (Wildman–Crippen MR) is 53.2 cm³/mol. The van der Waals surface area contributed by atoms with E-state index in [0.29, 0.717) is 0 Å². The van der Waals surface area contributed by atoms with Crippen LogP contribution in [-0.4, -0.2) is 41.0 Å². The van der Waals surface area contributed by atoms with Crippen molar-refractivity contribution in [2.75, 3.05) is 13.1 Å². The molecule has 0 bridgehead atoms. The Hall–Kier alpha value is -2.61. The summed E-state index contributed by atoms with van der Waals surface area (Å²) in [4.78, 5) is 33.4. The number of hydrogen-bond acceptors (Lipinski definition) is 5. The molecule has 17 heavy (non-hydrogen) atoms. The maximum atomic E-state index is 11.3. The van der Waals surface area contributed by atoms with Gasteiger partial charge < -0.3 is 5.11 Å². The van der Waals surface area contributed by atoms with E-state index in [1.165, 1.54) is 0 Å². The van der Waals surface area contributed by atoms with Crippen LogP contribution in [0.25, 0.3) is 0 Å². The topological polar surface area (TPSA) is 134 Å². The van der Waals surface area contributed by atoms with E-state index < -0.39 is 24.3 Å². The first-order valence-corrected chi connectivity index (χ1v) is 4.55. The summed E-state index contributed by atoms with van der Waals surface area (Å²) >= 11 is 0. The first kappa shape index (κ1) is 14.4. The van der Waals surface area contributed by atoms with Crippen molar-refractivity contribution in [1.29, 1.82) is 10.5 Å². The number of hydrogen-bond donors (Lipinski definition) is 2. The van der Waals surface area contributed by atoms with E-state index in [0.717, 1.165) is 4.90 Å². The van der Waals surface area contributed by atoms with Crippen molar-refractivity contribution in [1.82, 2.24) is 10.2 Å². The van der Waals surface area contributed by atoms with Crippen LogP contribution in [0, 0.1) is 22.7 Å². The first-order chi connectivity index (χ1) is 8.01. The van der Waals surface area contributed by atoms with E-state index in [1.54, 1.807) is 12.1 Å². The van der Waals surface area contributed by atoms with Gasteiger partial charge in [-0.2, -0.15) is 10.5 Å². The molecule has 0 saturated heterocycles. The van der Waals surface area contributed by atoms with Crippen molar-refractivity contribution >= 4 is 17.9 Å². The third kappa shape index (κ3) is 6.47. The molecule has 0 saturated carbocycles. The van der Waals surface area contributed by atoms with E-state index in [-0.39, 0.29) is 19.5 Å². The van der Waals surface area contributed by atoms with Crippen LogP contribution >= 0.6 is 0 Å². The summed E-state index contributed by atoms with van der Waals surface area (Å²) in [6.45, 7) is -0.656. The molecule has 0 aliphatic heterocycles. The molecular formula is C9H10N4O4. The van der Waals surface area contributed by atoms with Crippen LogP contribution in [0.4, 0.5) is 4.79 Å². The Kier molecular flexibility index (Phi) is 6.48. The second kappa shape index (κ2) is 7.65. The predicted octanol–water partition coefficient (Wildman–Crippen LogP) is -0.563. The number of nitriles is 2. The number of rotatable bonds is 5. The smallest absolute Gasteiger partial charge is 0.325 e. The zero-order chi connectivity index (χ0) is 13.3. The lowest BCUT2D eigenvalue weighted by Crippen LogP contribution is -2.43. The van der Waals surface area contributed by atoms with Gasteiger partial charge in [0.2, 0.25) is 5.91 Å². The van der Waals surface area contributed by atoms with Gasteiger partial charge in [0.25, 0.3) is 0 Å². The number of carbonyl (C=O) groups is 3. The van der Waals surface area contributed by atoms with Gasteiger partial charge in [0.05, 0.1) is 18.6 Å². The van der Waals surface area contributed by atoms with E-state index in [9.17, 15) is 14.4 Å². The van der Waals surface area contributed by atoms with Crippen molar-refractivity contribution in [2.45, 2.75) is 12.8 Å². The summed E-state index contributed by atoms with van der Waals surface area (Å²) in [6.07, 6.45) is -0.733. The van der Waals surface area contributed by atoms with Gasteiger partial charge in [-0.15, -0.1) is 0 Å². The lowest BCUT2D eigenvalue weighted by molar-refractivity contribution is -0.138. The number of nitrogens with zero attached hydrogens (tertiary/aromatic N) is 3. The molecule has 0 aromatic carbocycles. The molecule has 8 nitrogen and oxygen atoms in total. The Bertz CT molecular complexity index is 377. The summed E-state index contributed by atoms with van der Waals surface area (Å²) in [6, 6.07) is 2.45. The Morgan fingerprint density at radius 3 is 2.06 bits per heavy atom. The fraction of sp³-hybridized carbons (Fsp3) is 0.444. The molecule has 90 valence electrons. The van der Waals surface area contributed by atoms with Crippen LogP contribution in [0.3, 0.4) is 0 Å². The molecule has 0 rings (SSSR count). The fourth-order valence-electron chi connectivity index (χ4n) is 0.852. The molecule has 0 heterocycles. The number of nitrogens with one attached hydrogen (secondary N) is 1. The standard InChI is InChI=1S/C9H10N4O4/c10-3-5-13(6-4-11)9(17)12-7(14)1-2-8(15)16/h1-2,5-6H2,(H,15,16)(H,12,14,17). The van der Waals surface area contributed by atoms with Gasteiger partial charge in [0.1, 0.15) is 13.1 Å². The summed E-state index contributed by atoms with van der Waals surface area (Å²) in [5.41, 5.74) is 0. The highest BCUT2D eigenvalue weighted by molar-refractivity contribution is 5.95. The second-order valence-electron chi connectivity index (χ2n) is 2.92. The van der Waals surface area contributed by atoms with Gasteiger partial charge in [0, 0.05) is 6.42 Å². The third-order valence-electron chi connectivity index (χ3n) is 1.62. The molecule has 3 amide bonds. The van der Waals surface area contributed by atoms with E-state index in [2.05, 4.69) is 0 Å². The minimum Gasteiger partial charge on any atom is -0.481 e. The zero-order valence-corrected chi connectivity index (χ0v) is 8.84. The first-order valence-electron chi connectivity index (χ1n) is 4.55. The summed E-state index contributed by atoms with van der Waals surface area (Å²) in [5, 5.41) is 27.0. The van der Waals surface area contributed by atoms with Crippen LogP contribution in [0.5, 0.6) is 0 Å². The largest absolute Gasteiger partial charge is 0.481 e. The number of carbonyl (C=O) groups excluding carboxylic acids is 2. The average Bonchev–Trinajstić information content (AvgIpc) is 2.26. The number of imide groups is 1. The Balaban J connectivity index is 4.22. The lowest BCUT2D eigenvalue weighted by Gasteiger charge is -2.15. The molecule has 0 unspecified atom stereocenters. The van der Waals surface area contributed by atoms with Crippen LogP contribution in [-0.2, 0) is 9.59 Å². The van der Waals surface area contributed by atoms with Gasteiger partial charge in [-0.1, -0.05) is 0 Å². The van der Waals surface area contributed by atoms with E-state index >= 15 is 0 Å². The maximum absolute atomic E-state index is 11.3. The Morgan fingerprint density at radius 1 is 1.12 bits per heavy atom. The zero-order valence-electron chi connectivity index (χ0n) is 8.84. The summed E-state index contributed by atoms with van der Waals surface area (Å²) in [5.74, 6) is -1.92. The highest BCUT2D eigenvalue weighted by atomic mass is 16.4. The van der Waals surface area contributed by atoms with Gasteiger partial charge in [-0.05, 0) is 0 Å². The molecule has 0 fully saturated rings. The summed E-state index contributed by atoms with van der Waals surface area (Å²) in [7, 11) is 0. The molecule has 2 N–H and O–H groups in total. The van der Waals surface area contributed by atoms with E-state index in [4.69, 9.17) is 15.6 Å². The van der Waals surface area contributed by atoms with Crippen LogP contribution < -0.4 is 5.32 Å². The molecule has 0 aromatic heterocycles. The Labute approximate surface area is 97.0 Å². The summed E-state index contributed by atoms with van der Waals surface area (Å²) < 4.78 is 0. The lowest BCUT2D eigenvalue weighted by atomic mass is 10.3. The third-order valence-corrected chi connectivity index (χ3v) is 1.62. The molecule has 0 aromatic rings. The fourth-order valence-corrected chi connectivity index (χ4v) is 0.852. The molecule has 0 radical (unpaired) electrons. The molecular weight excluding hydrogens is 228 g/mol. The number of urea groups is 1. The number of aliphatic carboxylic acids is 1. The molecule has 0 aliphatic rings. The number of carboxylic acid groups (broad SMARTS) is 1. The monoisotopic (exact) mass is 238 g/mol. The quantitative estimate of drug-likeness (QED) is 0.616. The number of amides is 3. The van der Waals surface area contributed by atoms with Crippen molar-refractivity contribution in [3.05, 3.63) is 0 Å². The average molecular weight is 238 g/mol. The minimum absolute atomic E-state index is 0.328. The van der Waals surface area contributed by atoms with Crippen molar-refractivity contribution in [2.24, 2.45) is 0 Å². The molecule has 0 aliphatic carbocycles. The van der Waals surface area contributed by atoms with E-state index in [1.807, 2.05) is 5.32 Å². The van der Waals surface area contributed by atoms with Crippen molar-refractivity contribution < 1.29 is 19.5 Å². The second-order valence-corrected chi connectivity index (χ2v) is 2.92. The van der Waals surface area contributed by atoms with Crippen molar-refractivity contribution in [3.63, 3.8) is 0 Å². The number of carboxylic acids is 1. The van der Waals surface area contributed by atoms with Gasteiger partial charge in [-0.25, -0.2) is 4.79 Å². The van der Waals surface area contributed by atoms with Gasteiger partial charge >= 0.3 is 12.0 Å². The van der Waals surface area contributed by atoms with Crippen LogP contribution in [0.1, 0.15) is 12.8 Å². The molecule has 8 heteroatoms. The normalized spacial score (nSPS) is 8.59. The van der Waals surface area contributed by atoms with Crippen molar-refractivity contribution in [3.8, 4) is 12.1 Å². The van der Waals surface area contributed by atoms with Gasteiger partial charge in [0.15, 0.2) is 0 Å². The SMILES string of the molecule is N#CCN(CC#N)C(=O)NC(=O)CCC(=O)O. The highest BCUT2D eigenvalue weighted by Gasteiger charge is 2.15. The highest BCUT2D eigenvalue weighted by Crippen LogP contribution is 1.92.